The molecular weight excluding hydrogens is 448 g/mol. The smallest absolute Gasteiger partial charge is 0.242 e. The maximum absolute atomic E-state index is 13.1. The van der Waals surface area contributed by atoms with E-state index in [4.69, 9.17) is 0 Å². The molecule has 0 radical (unpaired) electrons. The molecule has 0 saturated carbocycles. The maximum Gasteiger partial charge on any atom is 0.242 e. The number of carbonyl (C=O) groups excluding carboxylic acids is 2. The molecule has 0 aliphatic carbocycles. The van der Waals surface area contributed by atoms with Gasteiger partial charge >= 0.3 is 0 Å². The molecule has 1 atom stereocenters. The Morgan fingerprint density at radius 1 is 1.07 bits per heavy atom. The number of hydrogen-bond acceptors (Lipinski definition) is 3. The summed E-state index contributed by atoms with van der Waals surface area (Å²) in [5.41, 5.74) is 1.82. The summed E-state index contributed by atoms with van der Waals surface area (Å²) in [4.78, 5) is 28.5. The summed E-state index contributed by atoms with van der Waals surface area (Å²) in [6.45, 7) is 10.0. The molecule has 156 valence electrons. The van der Waals surface area contributed by atoms with E-state index in [9.17, 15) is 9.59 Å². The van der Waals surface area contributed by atoms with Gasteiger partial charge in [-0.05, 0) is 64.4 Å². The molecule has 2 aromatic rings. The number of nitrogens with zero attached hydrogens (tertiary/aromatic N) is 1. The minimum Gasteiger partial charge on any atom is -0.350 e. The largest absolute Gasteiger partial charge is 0.350 e. The molecule has 4 nitrogen and oxygen atoms in total. The summed E-state index contributed by atoms with van der Waals surface area (Å²) in [5.74, 6) is 0.0746. The SMILES string of the molecule is Cc1ccc(SCC(=O)N(Cc2ccc(Br)cc2)C(C)C(=O)NC(C)(C)C)cc1. The van der Waals surface area contributed by atoms with Crippen molar-refractivity contribution in [2.24, 2.45) is 0 Å². The first-order valence-electron chi connectivity index (χ1n) is 9.60. The van der Waals surface area contributed by atoms with E-state index in [2.05, 4.69) is 21.2 Å². The van der Waals surface area contributed by atoms with Crippen molar-refractivity contribution in [3.05, 3.63) is 64.1 Å². The highest BCUT2D eigenvalue weighted by atomic mass is 79.9. The van der Waals surface area contributed by atoms with E-state index < -0.39 is 6.04 Å². The minimum atomic E-state index is -0.566. The lowest BCUT2D eigenvalue weighted by Crippen LogP contribution is -2.52. The van der Waals surface area contributed by atoms with Crippen LogP contribution in [0.15, 0.2) is 57.9 Å². The minimum absolute atomic E-state index is 0.0601. The Kier molecular flexibility index (Phi) is 8.34. The molecule has 0 spiro atoms. The standard InChI is InChI=1S/C23H29BrN2O2S/c1-16-6-12-20(13-7-16)29-15-21(27)26(14-18-8-10-19(24)11-9-18)17(2)22(28)25-23(3,4)5/h6-13,17H,14-15H2,1-5H3,(H,25,28). The van der Waals surface area contributed by atoms with E-state index in [-0.39, 0.29) is 23.1 Å². The van der Waals surface area contributed by atoms with Gasteiger partial charge in [-0.3, -0.25) is 9.59 Å². The van der Waals surface area contributed by atoms with Gasteiger partial charge < -0.3 is 10.2 Å². The summed E-state index contributed by atoms with van der Waals surface area (Å²) in [6, 6.07) is 15.3. The fraction of sp³-hybridized carbons (Fsp3) is 0.391. The second kappa shape index (κ2) is 10.3. The average molecular weight is 477 g/mol. The highest BCUT2D eigenvalue weighted by molar-refractivity contribution is 9.10. The highest BCUT2D eigenvalue weighted by Gasteiger charge is 2.28. The zero-order valence-corrected chi connectivity index (χ0v) is 20.1. The fourth-order valence-electron chi connectivity index (χ4n) is 2.71. The van der Waals surface area contributed by atoms with Crippen LogP contribution in [-0.2, 0) is 16.1 Å². The van der Waals surface area contributed by atoms with E-state index in [0.29, 0.717) is 6.54 Å². The Balaban J connectivity index is 2.15. The molecular formula is C23H29BrN2O2S. The molecule has 0 aliphatic rings. The van der Waals surface area contributed by atoms with Crippen LogP contribution in [0.2, 0.25) is 0 Å². The number of halogens is 1. The summed E-state index contributed by atoms with van der Waals surface area (Å²) < 4.78 is 0.979. The van der Waals surface area contributed by atoms with Gasteiger partial charge in [-0.25, -0.2) is 0 Å². The molecule has 29 heavy (non-hydrogen) atoms. The lowest BCUT2D eigenvalue weighted by atomic mass is 10.1. The number of carbonyl (C=O) groups is 2. The Morgan fingerprint density at radius 2 is 1.66 bits per heavy atom. The Bertz CT molecular complexity index is 829. The molecule has 0 aliphatic heterocycles. The van der Waals surface area contributed by atoms with Gasteiger partial charge in [0.05, 0.1) is 5.75 Å². The lowest BCUT2D eigenvalue weighted by Gasteiger charge is -2.31. The van der Waals surface area contributed by atoms with Crippen molar-refractivity contribution in [3.8, 4) is 0 Å². The van der Waals surface area contributed by atoms with Crippen LogP contribution in [0.4, 0.5) is 0 Å². The van der Waals surface area contributed by atoms with E-state index >= 15 is 0 Å². The first-order chi connectivity index (χ1) is 13.5. The number of thioether (sulfide) groups is 1. The van der Waals surface area contributed by atoms with Gasteiger partial charge in [0.1, 0.15) is 6.04 Å². The topological polar surface area (TPSA) is 49.4 Å². The Hall–Kier alpha value is -1.79. The molecule has 0 saturated heterocycles. The predicted octanol–water partition coefficient (Wildman–Crippen LogP) is 5.18. The van der Waals surface area contributed by atoms with Gasteiger partial charge in [-0.1, -0.05) is 45.8 Å². The lowest BCUT2D eigenvalue weighted by molar-refractivity contribution is -0.139. The van der Waals surface area contributed by atoms with Crippen LogP contribution in [0, 0.1) is 6.92 Å². The van der Waals surface area contributed by atoms with E-state index in [0.717, 1.165) is 14.9 Å². The van der Waals surface area contributed by atoms with Crippen LogP contribution in [-0.4, -0.2) is 34.0 Å². The monoisotopic (exact) mass is 476 g/mol. The van der Waals surface area contributed by atoms with Crippen molar-refractivity contribution >= 4 is 39.5 Å². The second-order valence-electron chi connectivity index (χ2n) is 8.17. The molecule has 0 aromatic heterocycles. The first-order valence-corrected chi connectivity index (χ1v) is 11.4. The molecule has 1 unspecified atom stereocenters. The van der Waals surface area contributed by atoms with Gasteiger partial charge in [-0.2, -0.15) is 0 Å². The highest BCUT2D eigenvalue weighted by Crippen LogP contribution is 2.21. The molecule has 0 fully saturated rings. The summed E-state index contributed by atoms with van der Waals surface area (Å²) in [7, 11) is 0. The van der Waals surface area contributed by atoms with Crippen LogP contribution in [0.25, 0.3) is 0 Å². The number of hydrogen-bond donors (Lipinski definition) is 1. The Morgan fingerprint density at radius 3 is 2.21 bits per heavy atom. The maximum atomic E-state index is 13.1. The molecule has 2 rings (SSSR count). The summed E-state index contributed by atoms with van der Waals surface area (Å²) in [6.07, 6.45) is 0. The first kappa shape index (κ1) is 23.5. The zero-order chi connectivity index (χ0) is 21.6. The van der Waals surface area contributed by atoms with E-state index in [1.807, 2.05) is 76.2 Å². The molecule has 6 heteroatoms. The van der Waals surface area contributed by atoms with Gasteiger partial charge in [0.2, 0.25) is 11.8 Å². The van der Waals surface area contributed by atoms with Crippen molar-refractivity contribution in [1.29, 1.82) is 0 Å². The van der Waals surface area contributed by atoms with Crippen molar-refractivity contribution in [3.63, 3.8) is 0 Å². The molecule has 0 heterocycles. The third-order valence-electron chi connectivity index (χ3n) is 4.31. The van der Waals surface area contributed by atoms with Crippen molar-refractivity contribution in [1.82, 2.24) is 10.2 Å². The summed E-state index contributed by atoms with van der Waals surface area (Å²) >= 11 is 4.92. The molecule has 0 bridgehead atoms. The fourth-order valence-corrected chi connectivity index (χ4v) is 3.75. The van der Waals surface area contributed by atoms with Crippen molar-refractivity contribution in [2.75, 3.05) is 5.75 Å². The number of aryl methyl sites for hydroxylation is 1. The van der Waals surface area contributed by atoms with Crippen LogP contribution in [0.3, 0.4) is 0 Å². The third-order valence-corrected chi connectivity index (χ3v) is 5.84. The zero-order valence-electron chi connectivity index (χ0n) is 17.7. The van der Waals surface area contributed by atoms with Gasteiger partial charge in [-0.15, -0.1) is 11.8 Å². The number of amides is 2. The van der Waals surface area contributed by atoms with Crippen LogP contribution < -0.4 is 5.32 Å². The third kappa shape index (κ3) is 7.86. The van der Waals surface area contributed by atoms with Crippen molar-refractivity contribution < 1.29 is 9.59 Å². The summed E-state index contributed by atoms with van der Waals surface area (Å²) in [5, 5.41) is 2.98. The van der Waals surface area contributed by atoms with Gasteiger partial charge in [0.15, 0.2) is 0 Å². The average Bonchev–Trinajstić information content (AvgIpc) is 2.65. The second-order valence-corrected chi connectivity index (χ2v) is 10.1. The quantitative estimate of drug-likeness (QED) is 0.559. The number of rotatable bonds is 7. The van der Waals surface area contributed by atoms with Crippen LogP contribution in [0.1, 0.15) is 38.8 Å². The van der Waals surface area contributed by atoms with Crippen molar-refractivity contribution in [2.45, 2.75) is 57.6 Å². The molecule has 2 aromatic carbocycles. The molecule has 1 N–H and O–H groups in total. The number of benzene rings is 2. The normalized spacial score (nSPS) is 12.3. The van der Waals surface area contributed by atoms with E-state index in [1.54, 1.807) is 11.8 Å². The van der Waals surface area contributed by atoms with Crippen LogP contribution in [0.5, 0.6) is 0 Å². The van der Waals surface area contributed by atoms with Crippen LogP contribution >= 0.6 is 27.7 Å². The molecule has 2 amide bonds. The number of nitrogens with one attached hydrogen (secondary N) is 1. The predicted molar refractivity (Wildman–Crippen MR) is 124 cm³/mol. The van der Waals surface area contributed by atoms with E-state index in [1.165, 1.54) is 17.3 Å². The Labute approximate surface area is 186 Å². The van der Waals surface area contributed by atoms with Gasteiger partial charge in [0.25, 0.3) is 0 Å². The van der Waals surface area contributed by atoms with Gasteiger partial charge in [0, 0.05) is 21.5 Å².